The maximum Gasteiger partial charge on any atom is 0.331 e. The van der Waals surface area contributed by atoms with Crippen LogP contribution in [0, 0.1) is 19.8 Å². The summed E-state index contributed by atoms with van der Waals surface area (Å²) in [5, 5.41) is 12.8. The largest absolute Gasteiger partial charge is 0.496 e. The highest BCUT2D eigenvalue weighted by Crippen LogP contribution is 2.44. The third kappa shape index (κ3) is 4.39. The van der Waals surface area contributed by atoms with Crippen LogP contribution in [0.2, 0.25) is 0 Å². The molecule has 2 aromatic rings. The predicted octanol–water partition coefficient (Wildman–Crippen LogP) is 5.30. The van der Waals surface area contributed by atoms with E-state index in [2.05, 4.69) is 29.6 Å². The normalized spacial score (nSPS) is 13.9. The van der Waals surface area contributed by atoms with Gasteiger partial charge in [-0.2, -0.15) is 0 Å². The summed E-state index contributed by atoms with van der Waals surface area (Å²) >= 11 is 0. The average Bonchev–Trinajstić information content (AvgIpc) is 3.53. The van der Waals surface area contributed by atoms with Gasteiger partial charge in [0, 0.05) is 40.1 Å². The summed E-state index contributed by atoms with van der Waals surface area (Å²) < 4.78 is 11.5. The molecule has 0 bridgehead atoms. The monoisotopic (exact) mass is 395 g/mol. The van der Waals surface area contributed by atoms with Crippen molar-refractivity contribution in [1.82, 2.24) is 0 Å². The minimum atomic E-state index is -0.957. The molecule has 0 radical (unpaired) electrons. The second kappa shape index (κ2) is 8.60. The number of hydrogen-bond donors (Lipinski definition) is 2. The molecule has 0 unspecified atom stereocenters. The molecule has 5 nitrogen and oxygen atoms in total. The topological polar surface area (TPSA) is 67.8 Å². The van der Waals surface area contributed by atoms with Gasteiger partial charge in [0.15, 0.2) is 0 Å². The number of hydrogen-bond acceptors (Lipinski definition) is 4. The van der Waals surface area contributed by atoms with E-state index in [1.165, 1.54) is 12.8 Å². The lowest BCUT2D eigenvalue weighted by Crippen LogP contribution is -2.04. The van der Waals surface area contributed by atoms with Crippen molar-refractivity contribution < 1.29 is 19.4 Å². The summed E-state index contributed by atoms with van der Waals surface area (Å²) in [5.41, 5.74) is 5.83. The first-order valence-corrected chi connectivity index (χ1v) is 9.88. The Hall–Kier alpha value is -2.95. The van der Waals surface area contributed by atoms with Gasteiger partial charge in [0.25, 0.3) is 0 Å². The average molecular weight is 395 g/mol. The van der Waals surface area contributed by atoms with Gasteiger partial charge in [0.05, 0.1) is 14.2 Å². The number of aliphatic carboxylic acids is 1. The number of carboxylic acid groups (broad SMARTS) is 1. The molecule has 1 saturated carbocycles. The summed E-state index contributed by atoms with van der Waals surface area (Å²) in [6.45, 7) is 6.50. The Bertz CT molecular complexity index is 941. The molecule has 2 N–H and O–H groups in total. The predicted molar refractivity (Wildman–Crippen MR) is 117 cm³/mol. The smallest absolute Gasteiger partial charge is 0.331 e. The highest BCUT2D eigenvalue weighted by molar-refractivity contribution is 5.93. The molecule has 0 aromatic heterocycles. The number of rotatable bonds is 8. The van der Waals surface area contributed by atoms with E-state index in [-0.39, 0.29) is 5.57 Å². The van der Waals surface area contributed by atoms with Crippen molar-refractivity contribution in [2.24, 2.45) is 5.92 Å². The van der Waals surface area contributed by atoms with Crippen molar-refractivity contribution in [2.75, 3.05) is 26.1 Å². The second-order valence-corrected chi connectivity index (χ2v) is 7.64. The molecule has 1 aliphatic rings. The van der Waals surface area contributed by atoms with Gasteiger partial charge >= 0.3 is 5.97 Å². The first kappa shape index (κ1) is 20.8. The van der Waals surface area contributed by atoms with Crippen LogP contribution >= 0.6 is 0 Å². The van der Waals surface area contributed by atoms with Crippen molar-refractivity contribution in [2.45, 2.75) is 33.6 Å². The van der Waals surface area contributed by atoms with Gasteiger partial charge in [0.1, 0.15) is 11.5 Å². The van der Waals surface area contributed by atoms with Crippen molar-refractivity contribution in [1.29, 1.82) is 0 Å². The molecule has 3 rings (SSSR count). The molecular weight excluding hydrogens is 366 g/mol. The highest BCUT2D eigenvalue weighted by Gasteiger charge is 2.22. The lowest BCUT2D eigenvalue weighted by Gasteiger charge is -2.21. The maximum atomic E-state index is 11.3. The quantitative estimate of drug-likeness (QED) is 0.594. The molecule has 0 spiro atoms. The van der Waals surface area contributed by atoms with E-state index in [1.807, 2.05) is 13.8 Å². The fraction of sp³-hybridized carbons (Fsp3) is 0.375. The molecule has 5 heteroatoms. The van der Waals surface area contributed by atoms with Gasteiger partial charge in [0.2, 0.25) is 0 Å². The van der Waals surface area contributed by atoms with Crippen LogP contribution in [-0.4, -0.2) is 31.8 Å². The van der Waals surface area contributed by atoms with Crippen LogP contribution in [0.1, 0.15) is 36.5 Å². The third-order valence-electron chi connectivity index (χ3n) is 5.50. The summed E-state index contributed by atoms with van der Waals surface area (Å²) in [5.74, 6) is 1.25. The van der Waals surface area contributed by atoms with Crippen molar-refractivity contribution in [3.8, 4) is 22.6 Å². The number of ether oxygens (including phenoxy) is 2. The summed E-state index contributed by atoms with van der Waals surface area (Å²) in [6, 6.07) is 8.33. The van der Waals surface area contributed by atoms with Gasteiger partial charge in [-0.05, 0) is 63.3 Å². The van der Waals surface area contributed by atoms with Crippen LogP contribution in [0.5, 0.6) is 11.5 Å². The Balaban J connectivity index is 2.07. The Morgan fingerprint density at radius 3 is 2.24 bits per heavy atom. The van der Waals surface area contributed by atoms with Gasteiger partial charge in [-0.3, -0.25) is 0 Å². The lowest BCUT2D eigenvalue weighted by molar-refractivity contribution is -0.132. The minimum Gasteiger partial charge on any atom is -0.496 e. The fourth-order valence-electron chi connectivity index (χ4n) is 3.62. The van der Waals surface area contributed by atoms with E-state index in [9.17, 15) is 9.90 Å². The van der Waals surface area contributed by atoms with E-state index in [0.717, 1.165) is 51.7 Å². The highest BCUT2D eigenvalue weighted by atomic mass is 16.5. The standard InChI is InChI=1S/C24H29NO4/c1-14(24(26)27)12-20-15(2)23(29-5)21(16(3)22(20)28-4)18-8-10-19(11-9-18)25-13-17-6-7-17/h8-12,17,25H,6-7,13H2,1-5H3,(H,26,27). The SMILES string of the molecule is COc1c(C)c(-c2ccc(NCC3CC3)cc2)c(OC)c(C)c1C=C(C)C(=O)O. The molecule has 2 aromatic carbocycles. The molecule has 0 amide bonds. The van der Waals surface area contributed by atoms with Crippen LogP contribution in [0.15, 0.2) is 29.8 Å². The maximum absolute atomic E-state index is 11.3. The number of methoxy groups -OCH3 is 2. The van der Waals surface area contributed by atoms with Crippen LogP contribution in [-0.2, 0) is 4.79 Å². The van der Waals surface area contributed by atoms with E-state index < -0.39 is 5.97 Å². The Morgan fingerprint density at radius 1 is 1.10 bits per heavy atom. The molecule has 29 heavy (non-hydrogen) atoms. The first-order valence-electron chi connectivity index (χ1n) is 9.88. The Kier molecular flexibility index (Phi) is 6.16. The van der Waals surface area contributed by atoms with Crippen molar-refractivity contribution in [3.63, 3.8) is 0 Å². The molecule has 0 atom stereocenters. The van der Waals surface area contributed by atoms with E-state index >= 15 is 0 Å². The number of nitrogens with one attached hydrogen (secondary N) is 1. The van der Waals surface area contributed by atoms with Crippen LogP contribution < -0.4 is 14.8 Å². The minimum absolute atomic E-state index is 0.242. The number of carbonyl (C=O) groups is 1. The number of benzene rings is 2. The molecule has 0 saturated heterocycles. The van der Waals surface area contributed by atoms with Crippen molar-refractivity contribution >= 4 is 17.7 Å². The number of anilines is 1. The zero-order valence-corrected chi connectivity index (χ0v) is 17.8. The van der Waals surface area contributed by atoms with Gasteiger partial charge < -0.3 is 19.9 Å². The summed E-state index contributed by atoms with van der Waals surface area (Å²) in [6.07, 6.45) is 4.28. The molecule has 1 fully saturated rings. The van der Waals surface area contributed by atoms with Crippen LogP contribution in [0.25, 0.3) is 17.2 Å². The van der Waals surface area contributed by atoms with Crippen LogP contribution in [0.3, 0.4) is 0 Å². The summed E-state index contributed by atoms with van der Waals surface area (Å²) in [7, 11) is 3.25. The van der Waals surface area contributed by atoms with Gasteiger partial charge in [-0.25, -0.2) is 4.79 Å². The molecule has 1 aliphatic carbocycles. The zero-order chi connectivity index (χ0) is 21.1. The molecule has 0 aliphatic heterocycles. The molecular formula is C24H29NO4. The molecule has 0 heterocycles. The summed E-state index contributed by atoms with van der Waals surface area (Å²) in [4.78, 5) is 11.3. The lowest BCUT2D eigenvalue weighted by atomic mass is 9.91. The zero-order valence-electron chi connectivity index (χ0n) is 17.8. The second-order valence-electron chi connectivity index (χ2n) is 7.64. The number of carboxylic acids is 1. The van der Waals surface area contributed by atoms with E-state index in [4.69, 9.17) is 9.47 Å². The van der Waals surface area contributed by atoms with Gasteiger partial charge in [-0.1, -0.05) is 12.1 Å². The Labute approximate surface area is 172 Å². The van der Waals surface area contributed by atoms with Crippen molar-refractivity contribution in [3.05, 3.63) is 46.5 Å². The van der Waals surface area contributed by atoms with E-state index in [0.29, 0.717) is 5.75 Å². The first-order chi connectivity index (χ1) is 13.9. The Morgan fingerprint density at radius 2 is 1.72 bits per heavy atom. The fourth-order valence-corrected chi connectivity index (χ4v) is 3.62. The van der Waals surface area contributed by atoms with E-state index in [1.54, 1.807) is 27.2 Å². The third-order valence-corrected chi connectivity index (χ3v) is 5.50. The molecule has 154 valence electrons. The van der Waals surface area contributed by atoms with Crippen LogP contribution in [0.4, 0.5) is 5.69 Å². The van der Waals surface area contributed by atoms with Gasteiger partial charge in [-0.15, -0.1) is 0 Å².